The third-order valence-electron chi connectivity index (χ3n) is 2.61. The van der Waals surface area contributed by atoms with Gasteiger partial charge < -0.3 is 15.4 Å². The molecular formula is C12H20N4O3. The van der Waals surface area contributed by atoms with Gasteiger partial charge in [0.25, 0.3) is 0 Å². The molecule has 0 saturated carbocycles. The number of methoxy groups -OCH3 is 1. The highest BCUT2D eigenvalue weighted by Gasteiger charge is 2.14. The molecule has 7 nitrogen and oxygen atoms in total. The van der Waals surface area contributed by atoms with Gasteiger partial charge in [0.15, 0.2) is 0 Å². The maximum atomic E-state index is 11.6. The van der Waals surface area contributed by atoms with Crippen LogP contribution in [0.15, 0.2) is 12.4 Å². The summed E-state index contributed by atoms with van der Waals surface area (Å²) in [4.78, 5) is 22.5. The van der Waals surface area contributed by atoms with Crippen LogP contribution in [-0.2, 0) is 23.0 Å². The van der Waals surface area contributed by atoms with Crippen LogP contribution in [0.1, 0.15) is 18.9 Å². The van der Waals surface area contributed by atoms with E-state index in [2.05, 4.69) is 20.5 Å². The summed E-state index contributed by atoms with van der Waals surface area (Å²) in [5.74, 6) is -0.225. The highest BCUT2D eigenvalue weighted by molar-refractivity contribution is 5.85. The van der Waals surface area contributed by atoms with Crippen molar-refractivity contribution in [3.05, 3.63) is 18.0 Å². The van der Waals surface area contributed by atoms with Crippen molar-refractivity contribution in [2.24, 2.45) is 7.05 Å². The number of nitrogens with zero attached hydrogens (tertiary/aromatic N) is 2. The van der Waals surface area contributed by atoms with Gasteiger partial charge in [-0.1, -0.05) is 0 Å². The van der Waals surface area contributed by atoms with Crippen molar-refractivity contribution in [3.8, 4) is 0 Å². The maximum Gasteiger partial charge on any atom is 0.407 e. The molecule has 0 aliphatic rings. The molecule has 7 heteroatoms. The summed E-state index contributed by atoms with van der Waals surface area (Å²) in [5.41, 5.74) is 1.14. The van der Waals surface area contributed by atoms with Gasteiger partial charge in [-0.15, -0.1) is 0 Å². The number of rotatable bonds is 6. The Bertz CT molecular complexity index is 430. The Morgan fingerprint density at radius 3 is 2.84 bits per heavy atom. The Hall–Kier alpha value is -2.05. The lowest BCUT2D eigenvalue weighted by molar-refractivity contribution is -0.122. The van der Waals surface area contributed by atoms with Crippen LogP contribution in [0, 0.1) is 0 Å². The first-order valence-corrected chi connectivity index (χ1v) is 6.12. The molecule has 1 aromatic rings. The van der Waals surface area contributed by atoms with E-state index < -0.39 is 12.1 Å². The molecule has 0 aliphatic heterocycles. The minimum absolute atomic E-state index is 0.225. The molecule has 0 spiro atoms. The van der Waals surface area contributed by atoms with Gasteiger partial charge in [-0.25, -0.2) is 4.79 Å². The molecule has 0 radical (unpaired) electrons. The zero-order valence-electron chi connectivity index (χ0n) is 11.5. The number of alkyl carbamates (subject to hydrolysis) is 1. The van der Waals surface area contributed by atoms with Crippen LogP contribution >= 0.6 is 0 Å². The van der Waals surface area contributed by atoms with Crippen LogP contribution in [0.25, 0.3) is 0 Å². The van der Waals surface area contributed by atoms with E-state index in [1.54, 1.807) is 11.6 Å². The first kappa shape index (κ1) is 15.0. The molecule has 0 saturated heterocycles. The molecule has 1 aromatic heterocycles. The van der Waals surface area contributed by atoms with Crippen molar-refractivity contribution >= 4 is 12.0 Å². The van der Waals surface area contributed by atoms with Crippen molar-refractivity contribution in [3.63, 3.8) is 0 Å². The molecule has 1 rings (SSSR count). The van der Waals surface area contributed by atoms with E-state index in [-0.39, 0.29) is 5.91 Å². The van der Waals surface area contributed by atoms with Crippen molar-refractivity contribution < 1.29 is 14.3 Å². The van der Waals surface area contributed by atoms with Gasteiger partial charge in [-0.2, -0.15) is 5.10 Å². The van der Waals surface area contributed by atoms with Gasteiger partial charge >= 0.3 is 6.09 Å². The van der Waals surface area contributed by atoms with Crippen LogP contribution in [-0.4, -0.2) is 41.5 Å². The highest BCUT2D eigenvalue weighted by atomic mass is 16.5. The van der Waals surface area contributed by atoms with Crippen molar-refractivity contribution in [1.29, 1.82) is 0 Å². The molecule has 1 heterocycles. The number of aromatic nitrogens is 2. The summed E-state index contributed by atoms with van der Waals surface area (Å²) in [7, 11) is 3.12. The zero-order valence-corrected chi connectivity index (χ0v) is 11.5. The monoisotopic (exact) mass is 268 g/mol. The van der Waals surface area contributed by atoms with E-state index in [0.29, 0.717) is 6.54 Å². The number of nitrogens with one attached hydrogen (secondary N) is 2. The van der Waals surface area contributed by atoms with Gasteiger partial charge in [0.1, 0.15) is 6.04 Å². The molecule has 1 atom stereocenters. The SMILES string of the molecule is COC(=O)NC(C)C(=O)NCCCc1cnn(C)c1. The quantitative estimate of drug-likeness (QED) is 0.722. The lowest BCUT2D eigenvalue weighted by atomic mass is 10.2. The van der Waals surface area contributed by atoms with Crippen LogP contribution in [0.5, 0.6) is 0 Å². The van der Waals surface area contributed by atoms with E-state index in [0.717, 1.165) is 18.4 Å². The Labute approximate surface area is 112 Å². The van der Waals surface area contributed by atoms with Gasteiger partial charge in [0.05, 0.1) is 13.3 Å². The second-order valence-electron chi connectivity index (χ2n) is 4.27. The normalized spacial score (nSPS) is 11.7. The fourth-order valence-electron chi connectivity index (χ4n) is 1.56. The molecule has 0 aliphatic carbocycles. The minimum atomic E-state index is -0.613. The van der Waals surface area contributed by atoms with E-state index >= 15 is 0 Å². The number of amides is 2. The highest BCUT2D eigenvalue weighted by Crippen LogP contribution is 1.99. The Morgan fingerprint density at radius 1 is 1.53 bits per heavy atom. The first-order chi connectivity index (χ1) is 9.02. The largest absolute Gasteiger partial charge is 0.453 e. The minimum Gasteiger partial charge on any atom is -0.453 e. The molecule has 0 fully saturated rings. The summed E-state index contributed by atoms with van der Waals surface area (Å²) in [5, 5.41) is 9.23. The summed E-state index contributed by atoms with van der Waals surface area (Å²) in [6.45, 7) is 2.16. The summed E-state index contributed by atoms with van der Waals surface area (Å²) in [6.07, 6.45) is 4.82. The van der Waals surface area contributed by atoms with Gasteiger partial charge in [-0.3, -0.25) is 9.48 Å². The number of ether oxygens (including phenoxy) is 1. The topological polar surface area (TPSA) is 85.2 Å². The number of carbonyl (C=O) groups excluding carboxylic acids is 2. The van der Waals surface area contributed by atoms with Crippen LogP contribution < -0.4 is 10.6 Å². The van der Waals surface area contributed by atoms with Crippen molar-refractivity contribution in [2.45, 2.75) is 25.8 Å². The average Bonchev–Trinajstić information content (AvgIpc) is 2.79. The van der Waals surface area contributed by atoms with Gasteiger partial charge in [0.2, 0.25) is 5.91 Å². The Kier molecular flexibility index (Phi) is 5.84. The lowest BCUT2D eigenvalue weighted by Crippen LogP contribution is -2.45. The first-order valence-electron chi connectivity index (χ1n) is 6.12. The number of hydrogen-bond acceptors (Lipinski definition) is 4. The van der Waals surface area contributed by atoms with E-state index in [4.69, 9.17) is 0 Å². The summed E-state index contributed by atoms with van der Waals surface area (Å²) in [6, 6.07) is -0.606. The van der Waals surface area contributed by atoms with E-state index in [1.807, 2.05) is 19.4 Å². The fourth-order valence-corrected chi connectivity index (χ4v) is 1.56. The second-order valence-corrected chi connectivity index (χ2v) is 4.27. The van der Waals surface area contributed by atoms with Crippen molar-refractivity contribution in [1.82, 2.24) is 20.4 Å². The summed E-state index contributed by atoms with van der Waals surface area (Å²) < 4.78 is 6.16. The zero-order chi connectivity index (χ0) is 14.3. The van der Waals surface area contributed by atoms with Crippen LogP contribution in [0.2, 0.25) is 0 Å². The molecular weight excluding hydrogens is 248 g/mol. The fraction of sp³-hybridized carbons (Fsp3) is 0.583. The molecule has 0 bridgehead atoms. The van der Waals surface area contributed by atoms with Crippen molar-refractivity contribution in [2.75, 3.05) is 13.7 Å². The van der Waals surface area contributed by atoms with Gasteiger partial charge in [-0.05, 0) is 25.3 Å². The predicted octanol–water partition coefficient (Wildman–Crippen LogP) is 0.213. The van der Waals surface area contributed by atoms with Crippen LogP contribution in [0.3, 0.4) is 0 Å². The number of carbonyl (C=O) groups is 2. The molecule has 106 valence electrons. The predicted molar refractivity (Wildman–Crippen MR) is 69.5 cm³/mol. The lowest BCUT2D eigenvalue weighted by Gasteiger charge is -2.12. The Balaban J connectivity index is 2.18. The molecule has 2 amide bonds. The molecule has 19 heavy (non-hydrogen) atoms. The standard InChI is InChI=1S/C12H20N4O3/c1-9(15-12(18)19-3)11(17)13-6-4-5-10-7-14-16(2)8-10/h7-9H,4-6H2,1-3H3,(H,13,17)(H,15,18). The Morgan fingerprint density at radius 2 is 2.26 bits per heavy atom. The third-order valence-corrected chi connectivity index (χ3v) is 2.61. The van der Waals surface area contributed by atoms with Gasteiger partial charge in [0, 0.05) is 19.8 Å². The molecule has 1 unspecified atom stereocenters. The van der Waals surface area contributed by atoms with E-state index in [1.165, 1.54) is 7.11 Å². The second kappa shape index (κ2) is 7.40. The molecule has 2 N–H and O–H groups in total. The van der Waals surface area contributed by atoms with E-state index in [9.17, 15) is 9.59 Å². The summed E-state index contributed by atoms with van der Waals surface area (Å²) >= 11 is 0. The smallest absolute Gasteiger partial charge is 0.407 e. The molecule has 0 aromatic carbocycles. The number of hydrogen-bond donors (Lipinski definition) is 2. The average molecular weight is 268 g/mol. The maximum absolute atomic E-state index is 11.6. The number of aryl methyl sites for hydroxylation is 2. The van der Waals surface area contributed by atoms with Crippen LogP contribution in [0.4, 0.5) is 4.79 Å². The third kappa shape index (κ3) is 5.41.